The summed E-state index contributed by atoms with van der Waals surface area (Å²) in [5, 5.41) is 26.0. The lowest BCUT2D eigenvalue weighted by Gasteiger charge is -2.20. The van der Waals surface area contributed by atoms with Crippen LogP contribution in [-0.4, -0.2) is 151 Å². The van der Waals surface area contributed by atoms with Gasteiger partial charge in [0.15, 0.2) is 0 Å². The average molecular weight is 1730 g/mol. The first-order valence-corrected chi connectivity index (χ1v) is 39.9. The van der Waals surface area contributed by atoms with Crippen LogP contribution in [0.4, 0.5) is 28.7 Å². The van der Waals surface area contributed by atoms with Gasteiger partial charge in [0.05, 0.1) is 67.2 Å². The number of unbranched alkanes of at least 4 members (excludes halogenated alkanes) is 1. The SMILES string of the molecule is CC(N)=[NH2+].CCCC#N.CCOC(C)CBr.CCOC(C)CC(C#N)CC.CNc1ccc(OC)cc1.COc1ccc(N(C)c2nc(C)nc3[nH]ccc23)cc1.COc1ccc(N(C)c2nc(C)nc3c2ccn3C)cc1.Cc1nc(Cl)c2cc[nH]c2n1.Cc1nc2[nH]ccc2c(=O)[nH]1.O=C=O.O=C=O.O=P(Cl)(Cl)Cl.[Cl-]. The zero-order valence-electron chi connectivity index (χ0n) is 66.0. The lowest BCUT2D eigenvalue weighted by molar-refractivity contribution is -0.193. The lowest BCUT2D eigenvalue weighted by atomic mass is 10.0. The molecule has 11 rings (SSSR count). The minimum Gasteiger partial charge on any atom is -1.00 e. The molecule has 3 atom stereocenters. The number of H-pyrrole nitrogens is 4. The minimum atomic E-state index is -3.22. The van der Waals surface area contributed by atoms with Gasteiger partial charge < -0.3 is 75.7 Å². The van der Waals surface area contributed by atoms with Crippen molar-refractivity contribution in [2.75, 3.05) is 76.1 Å². The Morgan fingerprint density at radius 3 is 1.43 bits per heavy atom. The summed E-state index contributed by atoms with van der Waals surface area (Å²) >= 11 is 23.0. The highest BCUT2D eigenvalue weighted by molar-refractivity contribution is 9.09. The zero-order valence-corrected chi connectivity index (χ0v) is 72.2. The quantitative estimate of drug-likeness (QED) is 0.0146. The molecule has 8 heterocycles. The summed E-state index contributed by atoms with van der Waals surface area (Å²) in [4.78, 5) is 89.6. The number of amidine groups is 1. The fourth-order valence-electron chi connectivity index (χ4n) is 8.96. The topological polar surface area (TPSA) is 425 Å². The van der Waals surface area contributed by atoms with Crippen molar-refractivity contribution in [2.45, 2.75) is 114 Å². The zero-order chi connectivity index (χ0) is 84.2. The number of nitrogens with one attached hydrogen (secondary N) is 5. The fourth-order valence-corrected chi connectivity index (χ4v) is 9.42. The van der Waals surface area contributed by atoms with Crippen LogP contribution in [0, 0.1) is 56.3 Å². The Kier molecular flexibility index (Phi) is 54.7. The highest BCUT2D eigenvalue weighted by Crippen LogP contribution is 2.61. The smallest absolute Gasteiger partial charge is 0.373 e. The van der Waals surface area contributed by atoms with Gasteiger partial charge >= 0.3 is 17.5 Å². The maximum absolute atomic E-state index is 11.1. The second-order valence-electron chi connectivity index (χ2n) is 22.7. The monoisotopic (exact) mass is 1730 g/mol. The second kappa shape index (κ2) is 58.9. The van der Waals surface area contributed by atoms with Gasteiger partial charge in [-0.05, 0) is 205 Å². The number of hydrogen-bond donors (Lipinski definition) is 7. The summed E-state index contributed by atoms with van der Waals surface area (Å²) in [6.45, 7) is 22.6. The average Bonchev–Trinajstić information content (AvgIpc) is 1.59. The summed E-state index contributed by atoms with van der Waals surface area (Å²) in [7, 11) is 12.9. The second-order valence-corrected chi connectivity index (χ2v) is 30.3. The molecule has 0 saturated carbocycles. The van der Waals surface area contributed by atoms with Crippen molar-refractivity contribution in [2.24, 2.45) is 18.7 Å². The van der Waals surface area contributed by atoms with E-state index >= 15 is 0 Å². The Labute approximate surface area is 687 Å². The Hall–Kier alpha value is -9.97. The lowest BCUT2D eigenvalue weighted by Crippen LogP contribution is -3.00. The van der Waals surface area contributed by atoms with Crippen molar-refractivity contribution in [3.05, 3.63) is 161 Å². The van der Waals surface area contributed by atoms with Crippen LogP contribution < -0.4 is 58.4 Å². The van der Waals surface area contributed by atoms with E-state index in [1.165, 1.54) is 0 Å². The third kappa shape index (κ3) is 41.9. The van der Waals surface area contributed by atoms with Gasteiger partial charge in [-0.25, -0.2) is 34.9 Å². The van der Waals surface area contributed by atoms with Crippen LogP contribution in [-0.2, 0) is 40.3 Å². The number of ether oxygens (including phenoxy) is 5. The van der Waals surface area contributed by atoms with E-state index in [-0.39, 0.29) is 42.3 Å². The minimum absolute atomic E-state index is 0. The number of anilines is 5. The Balaban J connectivity index is 0. The van der Waals surface area contributed by atoms with Crippen LogP contribution in [0.15, 0.2) is 127 Å². The summed E-state index contributed by atoms with van der Waals surface area (Å²) in [5.74, 6) is 7.77. The molecular weight excluding hydrogens is 1630 g/mol. The highest BCUT2D eigenvalue weighted by Gasteiger charge is 2.16. The Morgan fingerprint density at radius 1 is 0.652 bits per heavy atom. The normalized spacial score (nSPS) is 10.4. The highest BCUT2D eigenvalue weighted by atomic mass is 79.9. The number of halogens is 6. The van der Waals surface area contributed by atoms with Crippen LogP contribution in [0.2, 0.25) is 5.15 Å². The molecule has 3 aromatic carbocycles. The van der Waals surface area contributed by atoms with Crippen LogP contribution in [0.1, 0.15) is 97.4 Å². The van der Waals surface area contributed by atoms with E-state index in [1.54, 1.807) is 53.6 Å². The number of aryl methyl sites for hydroxylation is 5. The number of hydrogen-bond acceptors (Lipinski definition) is 23. The van der Waals surface area contributed by atoms with Gasteiger partial charge in [-0.2, -0.15) is 29.7 Å². The van der Waals surface area contributed by atoms with Crippen LogP contribution in [0.3, 0.4) is 0 Å². The maximum Gasteiger partial charge on any atom is 0.373 e. The number of aromatic nitrogens is 12. The Bertz CT molecular complexity index is 4690. The number of methoxy groups -OCH3 is 3. The van der Waals surface area contributed by atoms with Crippen molar-refractivity contribution >= 4 is 157 Å². The van der Waals surface area contributed by atoms with E-state index in [2.05, 4.69) is 121 Å². The van der Waals surface area contributed by atoms with Gasteiger partial charge in [-0.15, -0.1) is 0 Å². The number of fused-ring (bicyclic) bond motifs is 4. The van der Waals surface area contributed by atoms with Gasteiger partial charge in [0.1, 0.15) is 79.9 Å². The number of nitrogens with two attached hydrogens (primary N) is 2. The summed E-state index contributed by atoms with van der Waals surface area (Å²) in [5.41, 5.74) is 11.2. The predicted molar refractivity (Wildman–Crippen MR) is 444 cm³/mol. The number of nitrogens with zero attached hydrogens (tertiary/aromatic N) is 12. The first-order chi connectivity index (χ1) is 52.7. The Morgan fingerprint density at radius 2 is 1.04 bits per heavy atom. The molecule has 0 spiro atoms. The van der Waals surface area contributed by atoms with E-state index in [4.69, 9.17) is 76.1 Å². The van der Waals surface area contributed by atoms with Gasteiger partial charge in [-0.1, -0.05) is 41.4 Å². The fraction of sp³-hybridized carbons (Fsp3) is 0.373. The third-order valence-corrected chi connectivity index (χ3v) is 15.3. The molecule has 0 radical (unpaired) electrons. The standard InChI is InChI=1S/C16H18N4O.C15H16N4O.C9H17NO.C8H11NO.C7H6ClN3.C7H7N3O.C5H11BrO.C4H7N.C2H6N2.2CO2.Cl3OP.ClH/c1-11-17-15-14(9-10-19(15)2)16(18-11)20(3)12-5-7-13(21-4)8-6-12;1-10-17-14-13(8-9-16-14)15(18-10)19(2)11-4-6-12(20-3)7-5-11;1-4-9(7-10)6-8(3)11-5-2;1-9-7-3-5-8(10-2)6-4-7;1-4-10-6(8)5-2-3-9-7(5)11-4;1-4-9-6-5(2-3-8-6)7(11)10-4;1-3-7-5(2)4-6;1-2-3-4-5;1-2(3)4;2*2-1-3;1-5(2,3)4;/h5-10H,1-4H3;4-9H,1-3H3,(H,16,17,18);8-9H,4-6H2,1-3H3;3-6,9H,1-2H3;2-3H,1H3,(H,9,10,11);2-3H,1H3,(H2,8,9,10,11);5H,3-4H2,1-2H3;2-3H2,1H3;1H3,(H3,3,4);;;;1H. The third-order valence-electron chi connectivity index (χ3n) is 14.1. The molecule has 0 aliphatic heterocycles. The first-order valence-electron chi connectivity index (χ1n) is 34.0. The molecule has 8 aromatic heterocycles. The summed E-state index contributed by atoms with van der Waals surface area (Å²) < 4.78 is 37.4. The molecule has 112 heavy (non-hydrogen) atoms. The molecule has 0 amide bonds. The summed E-state index contributed by atoms with van der Waals surface area (Å²) in [6.07, 6.45) is 11.9. The number of carbonyl (C=O) groups excluding carboxylic acids is 4. The number of benzene rings is 3. The number of nitriles is 2. The maximum atomic E-state index is 11.1. The van der Waals surface area contributed by atoms with Crippen molar-refractivity contribution in [3.63, 3.8) is 0 Å². The van der Waals surface area contributed by atoms with Gasteiger partial charge in [-0.3, -0.25) is 20.5 Å². The summed E-state index contributed by atoms with van der Waals surface area (Å²) in [6, 6.07) is 35.5. The van der Waals surface area contributed by atoms with Gasteiger partial charge in [0.2, 0.25) is 5.84 Å². The molecule has 0 aliphatic rings. The molecular formula is C75H100BrCl5N19O11P. The molecule has 0 saturated heterocycles. The first kappa shape index (κ1) is 104. The predicted octanol–water partition coefficient (Wildman–Crippen LogP) is 12.6. The number of alkyl halides is 1. The van der Waals surface area contributed by atoms with E-state index in [1.807, 2.05) is 209 Å². The van der Waals surface area contributed by atoms with Gasteiger partial charge in [0.25, 0.3) is 5.56 Å². The van der Waals surface area contributed by atoms with Crippen molar-refractivity contribution in [1.82, 2.24) is 59.4 Å². The molecule has 3 unspecified atom stereocenters. The van der Waals surface area contributed by atoms with Crippen molar-refractivity contribution < 1.29 is 65.2 Å². The largest absolute Gasteiger partial charge is 1.00 e. The van der Waals surface area contributed by atoms with E-state index < -0.39 is 5.20 Å². The van der Waals surface area contributed by atoms with E-state index in [9.17, 15) is 9.36 Å². The van der Waals surface area contributed by atoms with Crippen LogP contribution in [0.5, 0.6) is 17.2 Å². The molecule has 9 N–H and O–H groups in total. The molecule has 0 aliphatic carbocycles. The number of aromatic amines is 4. The van der Waals surface area contributed by atoms with Crippen molar-refractivity contribution in [1.29, 1.82) is 10.5 Å². The van der Waals surface area contributed by atoms with Gasteiger partial charge in [0, 0.05) is 108 Å². The molecule has 30 nitrogen and oxygen atoms in total. The molecule has 0 fully saturated rings. The molecule has 11 aromatic rings. The molecule has 0 bridgehead atoms. The molecule has 608 valence electrons. The molecule has 37 heteroatoms. The number of rotatable bonds is 17. The van der Waals surface area contributed by atoms with Crippen LogP contribution >= 0.6 is 66.5 Å². The van der Waals surface area contributed by atoms with E-state index in [0.717, 1.165) is 129 Å². The van der Waals surface area contributed by atoms with Crippen LogP contribution in [0.25, 0.3) is 44.1 Å². The van der Waals surface area contributed by atoms with E-state index in [0.29, 0.717) is 46.2 Å². The van der Waals surface area contributed by atoms with Crippen molar-refractivity contribution in [3.8, 4) is 29.4 Å².